The highest BCUT2D eigenvalue weighted by Crippen LogP contribution is 2.23. The number of ether oxygens (including phenoxy) is 2. The highest BCUT2D eigenvalue weighted by atomic mass is 19.4. The number of carbonyl (C=O) groups excluding carboxylic acids is 1. The van der Waals surface area contributed by atoms with Crippen LogP contribution in [0, 0.1) is 0 Å². The third kappa shape index (κ3) is 6.81. The summed E-state index contributed by atoms with van der Waals surface area (Å²) in [5.41, 5.74) is 0.441. The number of nitrogens with zero attached hydrogens (tertiary/aromatic N) is 2. The van der Waals surface area contributed by atoms with Crippen molar-refractivity contribution in [3.63, 3.8) is 0 Å². The average molecular weight is 360 g/mol. The van der Waals surface area contributed by atoms with Gasteiger partial charge in [0.1, 0.15) is 12.4 Å². The molecule has 1 aliphatic rings. The fourth-order valence-electron chi connectivity index (χ4n) is 2.60. The van der Waals surface area contributed by atoms with Gasteiger partial charge in [0.05, 0.1) is 0 Å². The lowest BCUT2D eigenvalue weighted by Gasteiger charge is -2.34. The number of halogens is 3. The van der Waals surface area contributed by atoms with E-state index in [-0.39, 0.29) is 12.4 Å². The third-order valence-electron chi connectivity index (χ3n) is 3.95. The van der Waals surface area contributed by atoms with Crippen LogP contribution in [0.4, 0.5) is 18.0 Å². The Hall–Kier alpha value is -1.96. The van der Waals surface area contributed by atoms with Crippen LogP contribution in [0.25, 0.3) is 0 Å². The lowest BCUT2D eigenvalue weighted by Crippen LogP contribution is -2.48. The van der Waals surface area contributed by atoms with Crippen LogP contribution in [0.5, 0.6) is 5.75 Å². The lowest BCUT2D eigenvalue weighted by molar-refractivity contribution is -0.274. The number of rotatable bonds is 6. The molecule has 1 fully saturated rings. The van der Waals surface area contributed by atoms with Crippen LogP contribution in [-0.4, -0.2) is 55.0 Å². The van der Waals surface area contributed by atoms with Crippen molar-refractivity contribution in [1.29, 1.82) is 0 Å². The molecule has 0 bridgehead atoms. The van der Waals surface area contributed by atoms with E-state index in [1.165, 1.54) is 18.2 Å². The Bertz CT molecular complexity index is 558. The van der Waals surface area contributed by atoms with Crippen LogP contribution >= 0.6 is 0 Å². The van der Waals surface area contributed by atoms with Crippen molar-refractivity contribution in [2.45, 2.75) is 32.7 Å². The number of alkyl halides is 3. The summed E-state index contributed by atoms with van der Waals surface area (Å²) in [5, 5.41) is 0. The first-order chi connectivity index (χ1) is 11.9. The van der Waals surface area contributed by atoms with Gasteiger partial charge in [-0.3, -0.25) is 4.90 Å². The fourth-order valence-corrected chi connectivity index (χ4v) is 2.60. The first-order valence-corrected chi connectivity index (χ1v) is 8.36. The molecular formula is C17H23F3N2O3. The van der Waals surface area contributed by atoms with Crippen molar-refractivity contribution in [2.24, 2.45) is 0 Å². The number of piperazine rings is 1. The Morgan fingerprint density at radius 1 is 1.20 bits per heavy atom. The van der Waals surface area contributed by atoms with Gasteiger partial charge in [0.25, 0.3) is 0 Å². The van der Waals surface area contributed by atoms with Crippen molar-refractivity contribution in [3.8, 4) is 5.75 Å². The number of amides is 1. The summed E-state index contributed by atoms with van der Waals surface area (Å²) in [4.78, 5) is 16.0. The third-order valence-corrected chi connectivity index (χ3v) is 3.95. The van der Waals surface area contributed by atoms with Crippen molar-refractivity contribution >= 4 is 6.09 Å². The second-order valence-corrected chi connectivity index (χ2v) is 5.93. The number of benzene rings is 1. The topological polar surface area (TPSA) is 42.0 Å². The Labute approximate surface area is 145 Å². The molecule has 1 aromatic carbocycles. The van der Waals surface area contributed by atoms with Gasteiger partial charge < -0.3 is 14.4 Å². The summed E-state index contributed by atoms with van der Waals surface area (Å²) in [5.74, 6) is -0.328. The van der Waals surface area contributed by atoms with Crippen molar-refractivity contribution in [1.82, 2.24) is 9.80 Å². The quantitative estimate of drug-likeness (QED) is 0.777. The molecule has 1 aromatic rings. The molecule has 0 N–H and O–H groups in total. The average Bonchev–Trinajstić information content (AvgIpc) is 2.57. The molecule has 5 nitrogen and oxygen atoms in total. The number of carbonyl (C=O) groups is 1. The van der Waals surface area contributed by atoms with Gasteiger partial charge in [-0.15, -0.1) is 13.2 Å². The zero-order chi connectivity index (χ0) is 18.3. The minimum absolute atomic E-state index is 0.0933. The van der Waals surface area contributed by atoms with Gasteiger partial charge >= 0.3 is 12.5 Å². The Morgan fingerprint density at radius 2 is 1.92 bits per heavy atom. The van der Waals surface area contributed by atoms with E-state index in [2.05, 4.69) is 16.6 Å². The summed E-state index contributed by atoms with van der Waals surface area (Å²) in [7, 11) is 0. The molecule has 0 aliphatic carbocycles. The van der Waals surface area contributed by atoms with Gasteiger partial charge in [-0.05, 0) is 30.7 Å². The number of unbranched alkanes of at least 4 members (excludes halogenated alkanes) is 1. The lowest BCUT2D eigenvalue weighted by atomic mass is 10.2. The summed E-state index contributed by atoms with van der Waals surface area (Å²) < 4.78 is 45.7. The molecule has 2 rings (SSSR count). The summed E-state index contributed by atoms with van der Waals surface area (Å²) in [6.45, 7) is 5.89. The predicted molar refractivity (Wildman–Crippen MR) is 86.2 cm³/mol. The Balaban J connectivity index is 1.78. The maximum absolute atomic E-state index is 12.2. The molecule has 0 saturated carbocycles. The molecular weight excluding hydrogens is 337 g/mol. The maximum Gasteiger partial charge on any atom is 0.573 e. The molecule has 25 heavy (non-hydrogen) atoms. The van der Waals surface area contributed by atoms with Crippen LogP contribution in [0.15, 0.2) is 24.3 Å². The van der Waals surface area contributed by atoms with Crippen LogP contribution in [0.2, 0.25) is 0 Å². The van der Waals surface area contributed by atoms with Gasteiger partial charge in [-0.25, -0.2) is 4.79 Å². The predicted octanol–water partition coefficient (Wildman–Crippen LogP) is 3.64. The molecule has 140 valence electrons. The molecule has 1 saturated heterocycles. The van der Waals surface area contributed by atoms with Gasteiger partial charge in [-0.2, -0.15) is 0 Å². The second-order valence-electron chi connectivity index (χ2n) is 5.93. The zero-order valence-corrected chi connectivity index (χ0v) is 14.2. The van der Waals surface area contributed by atoms with E-state index in [1.807, 2.05) is 0 Å². The van der Waals surface area contributed by atoms with Gasteiger partial charge in [0, 0.05) is 26.2 Å². The summed E-state index contributed by atoms with van der Waals surface area (Å²) in [6, 6.07) is 5.42. The zero-order valence-electron chi connectivity index (χ0n) is 14.2. The molecule has 1 heterocycles. The van der Waals surface area contributed by atoms with E-state index < -0.39 is 12.5 Å². The van der Waals surface area contributed by atoms with E-state index in [1.54, 1.807) is 11.0 Å². The van der Waals surface area contributed by atoms with E-state index >= 15 is 0 Å². The highest BCUT2D eigenvalue weighted by molar-refractivity contribution is 5.67. The molecule has 0 aromatic heterocycles. The second kappa shape index (κ2) is 8.94. The highest BCUT2D eigenvalue weighted by Gasteiger charge is 2.31. The molecule has 0 radical (unpaired) electrons. The van der Waals surface area contributed by atoms with Gasteiger partial charge in [0.15, 0.2) is 0 Å². The normalized spacial score (nSPS) is 15.9. The van der Waals surface area contributed by atoms with Gasteiger partial charge in [-0.1, -0.05) is 25.5 Å². The summed E-state index contributed by atoms with van der Waals surface area (Å²) in [6.07, 6.45) is -2.91. The van der Waals surface area contributed by atoms with Crippen LogP contribution < -0.4 is 4.74 Å². The largest absolute Gasteiger partial charge is 0.573 e. The van der Waals surface area contributed by atoms with E-state index in [4.69, 9.17) is 4.74 Å². The van der Waals surface area contributed by atoms with Crippen molar-refractivity contribution in [3.05, 3.63) is 29.8 Å². The van der Waals surface area contributed by atoms with Crippen LogP contribution in [-0.2, 0) is 11.3 Å². The standard InChI is InChI=1S/C17H23F3N2O3/c1-2-3-7-21-8-10-22(11-9-21)16(23)24-13-14-5-4-6-15(12-14)25-17(18,19)20/h4-6,12H,2-3,7-11,13H2,1H3. The van der Waals surface area contributed by atoms with Crippen molar-refractivity contribution in [2.75, 3.05) is 32.7 Å². The smallest absolute Gasteiger partial charge is 0.445 e. The Kier molecular flexibility index (Phi) is 6.92. The molecule has 8 heteroatoms. The van der Waals surface area contributed by atoms with Crippen molar-refractivity contribution < 1.29 is 27.4 Å². The molecule has 1 aliphatic heterocycles. The van der Waals surface area contributed by atoms with E-state index in [9.17, 15) is 18.0 Å². The fraction of sp³-hybridized carbons (Fsp3) is 0.588. The van der Waals surface area contributed by atoms with E-state index in [0.717, 1.165) is 32.5 Å². The van der Waals surface area contributed by atoms with E-state index in [0.29, 0.717) is 18.7 Å². The molecule has 1 amide bonds. The SMILES string of the molecule is CCCCN1CCN(C(=O)OCc2cccc(OC(F)(F)F)c2)CC1. The first kappa shape index (κ1) is 19.4. The number of hydrogen-bond acceptors (Lipinski definition) is 4. The van der Waals surface area contributed by atoms with Gasteiger partial charge in [0.2, 0.25) is 0 Å². The first-order valence-electron chi connectivity index (χ1n) is 8.36. The molecule has 0 unspecified atom stereocenters. The number of hydrogen-bond donors (Lipinski definition) is 0. The summed E-state index contributed by atoms with van der Waals surface area (Å²) >= 11 is 0. The maximum atomic E-state index is 12.2. The minimum Gasteiger partial charge on any atom is -0.445 e. The monoisotopic (exact) mass is 360 g/mol. The van der Waals surface area contributed by atoms with Crippen LogP contribution in [0.1, 0.15) is 25.3 Å². The molecule has 0 spiro atoms. The minimum atomic E-state index is -4.74. The van der Waals surface area contributed by atoms with Crippen LogP contribution in [0.3, 0.4) is 0 Å². The molecule has 0 atom stereocenters. The Morgan fingerprint density at radius 3 is 2.56 bits per heavy atom.